The van der Waals surface area contributed by atoms with E-state index in [1.165, 1.54) is 11.1 Å². The predicted molar refractivity (Wildman–Crippen MR) is 84.8 cm³/mol. The maximum atomic E-state index is 6.19. The summed E-state index contributed by atoms with van der Waals surface area (Å²) in [4.78, 5) is 0. The van der Waals surface area contributed by atoms with Crippen molar-refractivity contribution in [3.05, 3.63) is 53.6 Å². The molecule has 1 atom stereocenters. The van der Waals surface area contributed by atoms with Crippen molar-refractivity contribution in [2.24, 2.45) is 0 Å². The molecule has 0 aliphatic heterocycles. The highest BCUT2D eigenvalue weighted by molar-refractivity contribution is 5.50. The average Bonchev–Trinajstić information content (AvgIpc) is 2.47. The van der Waals surface area contributed by atoms with E-state index in [0.717, 1.165) is 30.8 Å². The van der Waals surface area contributed by atoms with E-state index in [1.54, 1.807) is 0 Å². The smallest absolute Gasteiger partial charge is 0.125 e. The van der Waals surface area contributed by atoms with Crippen LogP contribution in [-0.4, -0.2) is 6.61 Å². The van der Waals surface area contributed by atoms with Gasteiger partial charge in [-0.3, -0.25) is 0 Å². The zero-order chi connectivity index (χ0) is 14.7. The SMILES string of the molecule is CCOc1cc(N)cc(OC2CCCc3ccccc32)c1. The highest BCUT2D eigenvalue weighted by Crippen LogP contribution is 2.35. The minimum Gasteiger partial charge on any atom is -0.494 e. The Morgan fingerprint density at radius 3 is 2.81 bits per heavy atom. The maximum Gasteiger partial charge on any atom is 0.125 e. The Bertz CT molecular complexity index is 624. The Balaban J connectivity index is 1.84. The lowest BCUT2D eigenvalue weighted by Gasteiger charge is -2.26. The molecular formula is C18H21NO2. The van der Waals surface area contributed by atoms with Crippen molar-refractivity contribution >= 4 is 5.69 Å². The normalized spacial score (nSPS) is 17.1. The van der Waals surface area contributed by atoms with E-state index in [4.69, 9.17) is 15.2 Å². The van der Waals surface area contributed by atoms with Crippen molar-refractivity contribution < 1.29 is 9.47 Å². The van der Waals surface area contributed by atoms with Crippen LogP contribution in [0.15, 0.2) is 42.5 Å². The highest BCUT2D eigenvalue weighted by Gasteiger charge is 2.21. The monoisotopic (exact) mass is 283 g/mol. The number of rotatable bonds is 4. The van der Waals surface area contributed by atoms with Gasteiger partial charge in [0.2, 0.25) is 0 Å². The molecule has 0 bridgehead atoms. The van der Waals surface area contributed by atoms with Crippen LogP contribution in [-0.2, 0) is 6.42 Å². The number of hydrogen-bond acceptors (Lipinski definition) is 3. The number of hydrogen-bond donors (Lipinski definition) is 1. The Hall–Kier alpha value is -2.16. The van der Waals surface area contributed by atoms with Crippen LogP contribution < -0.4 is 15.2 Å². The van der Waals surface area contributed by atoms with Crippen LogP contribution in [0.1, 0.15) is 37.0 Å². The van der Waals surface area contributed by atoms with Crippen LogP contribution in [0.5, 0.6) is 11.5 Å². The Labute approximate surface area is 125 Å². The molecule has 2 aromatic rings. The quantitative estimate of drug-likeness (QED) is 0.858. The summed E-state index contributed by atoms with van der Waals surface area (Å²) in [7, 11) is 0. The van der Waals surface area contributed by atoms with Crippen LogP contribution in [0.25, 0.3) is 0 Å². The van der Waals surface area contributed by atoms with Gasteiger partial charge >= 0.3 is 0 Å². The first kappa shape index (κ1) is 13.8. The van der Waals surface area contributed by atoms with E-state index in [1.807, 2.05) is 25.1 Å². The number of aryl methyl sites for hydroxylation is 1. The molecule has 0 saturated carbocycles. The zero-order valence-corrected chi connectivity index (χ0v) is 12.3. The Kier molecular flexibility index (Phi) is 4.00. The molecule has 3 nitrogen and oxygen atoms in total. The summed E-state index contributed by atoms with van der Waals surface area (Å²) >= 11 is 0. The van der Waals surface area contributed by atoms with Crippen molar-refractivity contribution in [1.82, 2.24) is 0 Å². The molecule has 2 N–H and O–H groups in total. The molecule has 0 radical (unpaired) electrons. The Morgan fingerprint density at radius 1 is 1.14 bits per heavy atom. The van der Waals surface area contributed by atoms with Gasteiger partial charge in [0.25, 0.3) is 0 Å². The largest absolute Gasteiger partial charge is 0.494 e. The van der Waals surface area contributed by atoms with Crippen molar-refractivity contribution in [1.29, 1.82) is 0 Å². The molecular weight excluding hydrogens is 262 g/mol. The van der Waals surface area contributed by atoms with E-state index in [-0.39, 0.29) is 6.10 Å². The molecule has 0 spiro atoms. The van der Waals surface area contributed by atoms with E-state index >= 15 is 0 Å². The number of nitrogen functional groups attached to an aromatic ring is 1. The van der Waals surface area contributed by atoms with Crippen molar-refractivity contribution in [2.75, 3.05) is 12.3 Å². The lowest BCUT2D eigenvalue weighted by atomic mass is 9.89. The second-order valence-corrected chi connectivity index (χ2v) is 5.37. The van der Waals surface area contributed by atoms with Gasteiger partial charge in [0.15, 0.2) is 0 Å². The van der Waals surface area contributed by atoms with Crippen LogP contribution in [0.3, 0.4) is 0 Å². The summed E-state index contributed by atoms with van der Waals surface area (Å²) in [6.45, 7) is 2.58. The van der Waals surface area contributed by atoms with Crippen molar-refractivity contribution in [3.8, 4) is 11.5 Å². The van der Waals surface area contributed by atoms with Crippen molar-refractivity contribution in [3.63, 3.8) is 0 Å². The summed E-state index contributed by atoms with van der Waals surface area (Å²) in [5, 5.41) is 0. The molecule has 0 fully saturated rings. The van der Waals surface area contributed by atoms with Crippen LogP contribution in [0, 0.1) is 0 Å². The predicted octanol–water partition coefficient (Wildman–Crippen LogP) is 4.12. The van der Waals surface area contributed by atoms with Gasteiger partial charge in [0, 0.05) is 23.9 Å². The second-order valence-electron chi connectivity index (χ2n) is 5.37. The van der Waals surface area contributed by atoms with E-state index in [9.17, 15) is 0 Å². The third-order valence-corrected chi connectivity index (χ3v) is 3.81. The van der Waals surface area contributed by atoms with Crippen LogP contribution in [0.4, 0.5) is 5.69 Å². The van der Waals surface area contributed by atoms with Crippen molar-refractivity contribution in [2.45, 2.75) is 32.3 Å². The average molecular weight is 283 g/mol. The standard InChI is InChI=1S/C18H21NO2/c1-2-20-15-10-14(19)11-16(12-15)21-18-9-5-7-13-6-3-4-8-17(13)18/h3-4,6,8,10-12,18H,2,5,7,9,19H2,1H3. The summed E-state index contributed by atoms with van der Waals surface area (Å²) in [6.07, 6.45) is 3.43. The fourth-order valence-corrected chi connectivity index (χ4v) is 2.91. The van der Waals surface area contributed by atoms with Crippen LogP contribution in [0.2, 0.25) is 0 Å². The number of fused-ring (bicyclic) bond motifs is 1. The number of nitrogens with two attached hydrogens (primary N) is 1. The molecule has 2 aromatic carbocycles. The molecule has 0 saturated heterocycles. The van der Waals surface area contributed by atoms with E-state index in [2.05, 4.69) is 24.3 Å². The van der Waals surface area contributed by atoms with Gasteiger partial charge in [-0.2, -0.15) is 0 Å². The fraction of sp³-hybridized carbons (Fsp3) is 0.333. The first-order chi connectivity index (χ1) is 10.3. The highest BCUT2D eigenvalue weighted by atomic mass is 16.5. The van der Waals surface area contributed by atoms with E-state index in [0.29, 0.717) is 12.3 Å². The molecule has 3 rings (SSSR count). The first-order valence-electron chi connectivity index (χ1n) is 7.54. The molecule has 1 aliphatic rings. The third-order valence-electron chi connectivity index (χ3n) is 3.81. The van der Waals surface area contributed by atoms with Gasteiger partial charge in [-0.15, -0.1) is 0 Å². The minimum absolute atomic E-state index is 0.103. The topological polar surface area (TPSA) is 44.5 Å². The zero-order valence-electron chi connectivity index (χ0n) is 12.3. The molecule has 0 amide bonds. The van der Waals surface area contributed by atoms with Gasteiger partial charge in [-0.05, 0) is 37.3 Å². The number of anilines is 1. The van der Waals surface area contributed by atoms with Crippen LogP contribution >= 0.6 is 0 Å². The van der Waals surface area contributed by atoms with E-state index < -0.39 is 0 Å². The second kappa shape index (κ2) is 6.08. The maximum absolute atomic E-state index is 6.19. The summed E-state index contributed by atoms with van der Waals surface area (Å²) < 4.78 is 11.7. The van der Waals surface area contributed by atoms with Gasteiger partial charge < -0.3 is 15.2 Å². The molecule has 1 unspecified atom stereocenters. The molecule has 3 heteroatoms. The Morgan fingerprint density at radius 2 is 1.95 bits per heavy atom. The lowest BCUT2D eigenvalue weighted by Crippen LogP contribution is -2.15. The summed E-state index contributed by atoms with van der Waals surface area (Å²) in [5.41, 5.74) is 9.28. The summed E-state index contributed by atoms with van der Waals surface area (Å²) in [5.74, 6) is 1.54. The minimum atomic E-state index is 0.103. The molecule has 21 heavy (non-hydrogen) atoms. The fourth-order valence-electron chi connectivity index (χ4n) is 2.91. The molecule has 110 valence electrons. The van der Waals surface area contributed by atoms with Gasteiger partial charge in [0.1, 0.15) is 17.6 Å². The van der Waals surface area contributed by atoms with Gasteiger partial charge in [-0.1, -0.05) is 24.3 Å². The first-order valence-corrected chi connectivity index (χ1v) is 7.54. The number of ether oxygens (including phenoxy) is 2. The molecule has 0 heterocycles. The third kappa shape index (κ3) is 3.13. The molecule has 1 aliphatic carbocycles. The lowest BCUT2D eigenvalue weighted by molar-refractivity contribution is 0.182. The van der Waals surface area contributed by atoms with Gasteiger partial charge in [0.05, 0.1) is 6.61 Å². The molecule has 0 aromatic heterocycles. The summed E-state index contributed by atoms with van der Waals surface area (Å²) in [6, 6.07) is 14.1. The number of benzene rings is 2. The van der Waals surface area contributed by atoms with Gasteiger partial charge in [-0.25, -0.2) is 0 Å².